The van der Waals surface area contributed by atoms with Crippen molar-refractivity contribution in [3.63, 3.8) is 0 Å². The van der Waals surface area contributed by atoms with Gasteiger partial charge < -0.3 is 10.8 Å². The van der Waals surface area contributed by atoms with Crippen molar-refractivity contribution in [2.45, 2.75) is 25.1 Å². The summed E-state index contributed by atoms with van der Waals surface area (Å²) in [5.41, 5.74) is 8.35. The summed E-state index contributed by atoms with van der Waals surface area (Å²) in [4.78, 5) is 0. The maximum atomic E-state index is 8.76. The van der Waals surface area contributed by atoms with Gasteiger partial charge in [-0.1, -0.05) is 24.3 Å². The summed E-state index contributed by atoms with van der Waals surface area (Å²) >= 11 is 1.87. The summed E-state index contributed by atoms with van der Waals surface area (Å²) < 4.78 is 0. The highest BCUT2D eigenvalue weighted by atomic mass is 32.2. The lowest BCUT2D eigenvalue weighted by Gasteiger charge is -2.08. The fourth-order valence-electron chi connectivity index (χ4n) is 1.28. The molecule has 3 heteroatoms. The maximum absolute atomic E-state index is 8.76. The van der Waals surface area contributed by atoms with E-state index in [2.05, 4.69) is 31.2 Å². The van der Waals surface area contributed by atoms with Gasteiger partial charge in [-0.25, -0.2) is 0 Å². The van der Waals surface area contributed by atoms with Gasteiger partial charge in [0.15, 0.2) is 0 Å². The van der Waals surface area contributed by atoms with Crippen molar-refractivity contribution >= 4 is 11.8 Å². The second kappa shape index (κ2) is 6.88. The Bertz CT molecular complexity index is 291. The molecule has 0 heterocycles. The van der Waals surface area contributed by atoms with Gasteiger partial charge in [0.2, 0.25) is 0 Å². The zero-order valence-corrected chi connectivity index (χ0v) is 9.96. The third-order valence-corrected chi connectivity index (χ3v) is 3.43. The first-order valence-electron chi connectivity index (χ1n) is 5.22. The fourth-order valence-corrected chi connectivity index (χ4v) is 2.44. The van der Waals surface area contributed by atoms with Crippen LogP contribution in [0, 0.1) is 6.92 Å². The van der Waals surface area contributed by atoms with Crippen molar-refractivity contribution in [2.75, 3.05) is 12.4 Å². The van der Waals surface area contributed by atoms with E-state index in [0.29, 0.717) is 0 Å². The van der Waals surface area contributed by atoms with E-state index in [-0.39, 0.29) is 12.6 Å². The second-order valence-corrected chi connectivity index (χ2v) is 4.82. The van der Waals surface area contributed by atoms with Crippen LogP contribution in [0.4, 0.5) is 0 Å². The van der Waals surface area contributed by atoms with Gasteiger partial charge >= 0.3 is 0 Å². The molecule has 1 rings (SSSR count). The maximum Gasteiger partial charge on any atom is 0.0582 e. The molecule has 0 amide bonds. The Morgan fingerprint density at radius 3 is 2.80 bits per heavy atom. The summed E-state index contributed by atoms with van der Waals surface area (Å²) in [5.74, 6) is 2.04. The van der Waals surface area contributed by atoms with E-state index in [9.17, 15) is 0 Å². The summed E-state index contributed by atoms with van der Waals surface area (Å²) in [5, 5.41) is 8.76. The van der Waals surface area contributed by atoms with Crippen LogP contribution >= 0.6 is 11.8 Å². The van der Waals surface area contributed by atoms with E-state index in [1.807, 2.05) is 11.8 Å². The van der Waals surface area contributed by atoms with Crippen LogP contribution in [0.2, 0.25) is 0 Å². The lowest BCUT2D eigenvalue weighted by atomic mass is 10.1. The third kappa shape index (κ3) is 4.69. The SMILES string of the molecule is Cc1ccccc1CSCCC(N)CO. The number of hydrogen-bond donors (Lipinski definition) is 2. The first-order chi connectivity index (χ1) is 7.24. The molecule has 0 radical (unpaired) electrons. The summed E-state index contributed by atoms with van der Waals surface area (Å²) in [6, 6.07) is 8.37. The van der Waals surface area contributed by atoms with E-state index >= 15 is 0 Å². The molecule has 15 heavy (non-hydrogen) atoms. The van der Waals surface area contributed by atoms with E-state index in [1.165, 1.54) is 11.1 Å². The molecule has 0 saturated heterocycles. The normalized spacial score (nSPS) is 12.7. The number of aliphatic hydroxyl groups is 1. The van der Waals surface area contributed by atoms with Crippen molar-refractivity contribution in [3.8, 4) is 0 Å². The molecule has 0 fully saturated rings. The standard InChI is InChI=1S/C12H19NOS/c1-10-4-2-3-5-11(10)9-15-7-6-12(13)8-14/h2-5,12,14H,6-9,13H2,1H3. The number of aryl methyl sites for hydroxylation is 1. The van der Waals surface area contributed by atoms with E-state index in [0.717, 1.165) is 17.9 Å². The lowest BCUT2D eigenvalue weighted by molar-refractivity contribution is 0.264. The Morgan fingerprint density at radius 2 is 2.13 bits per heavy atom. The molecular formula is C12H19NOS. The second-order valence-electron chi connectivity index (χ2n) is 3.71. The van der Waals surface area contributed by atoms with Gasteiger partial charge in [-0.3, -0.25) is 0 Å². The summed E-state index contributed by atoms with van der Waals surface area (Å²) in [7, 11) is 0. The largest absolute Gasteiger partial charge is 0.395 e. The molecule has 0 aliphatic rings. The lowest BCUT2D eigenvalue weighted by Crippen LogP contribution is -2.24. The zero-order chi connectivity index (χ0) is 11.1. The molecule has 1 aromatic rings. The molecule has 0 aromatic heterocycles. The van der Waals surface area contributed by atoms with Crippen molar-refractivity contribution in [2.24, 2.45) is 5.73 Å². The molecule has 1 aromatic carbocycles. The number of aliphatic hydroxyl groups excluding tert-OH is 1. The van der Waals surface area contributed by atoms with Crippen LogP contribution in [0.25, 0.3) is 0 Å². The van der Waals surface area contributed by atoms with Gasteiger partial charge in [-0.05, 0) is 30.2 Å². The number of hydrogen-bond acceptors (Lipinski definition) is 3. The van der Waals surface area contributed by atoms with Gasteiger partial charge in [-0.15, -0.1) is 0 Å². The average molecular weight is 225 g/mol. The molecule has 0 aliphatic heterocycles. The van der Waals surface area contributed by atoms with Crippen LogP contribution in [0.1, 0.15) is 17.5 Å². The topological polar surface area (TPSA) is 46.2 Å². The van der Waals surface area contributed by atoms with Crippen molar-refractivity contribution < 1.29 is 5.11 Å². The van der Waals surface area contributed by atoms with Crippen LogP contribution in [0.3, 0.4) is 0 Å². The van der Waals surface area contributed by atoms with Crippen molar-refractivity contribution in [1.29, 1.82) is 0 Å². The summed E-state index contributed by atoms with van der Waals surface area (Å²) in [6.45, 7) is 2.22. The molecule has 2 nitrogen and oxygen atoms in total. The number of thioether (sulfide) groups is 1. The Kier molecular flexibility index (Phi) is 5.76. The van der Waals surface area contributed by atoms with Crippen LogP contribution in [0.15, 0.2) is 24.3 Å². The molecule has 1 unspecified atom stereocenters. The minimum atomic E-state index is -0.0608. The Balaban J connectivity index is 2.23. The number of benzene rings is 1. The van der Waals surface area contributed by atoms with Crippen molar-refractivity contribution in [1.82, 2.24) is 0 Å². The minimum absolute atomic E-state index is 0.0608. The highest BCUT2D eigenvalue weighted by molar-refractivity contribution is 7.98. The van der Waals surface area contributed by atoms with Gasteiger partial charge in [0.1, 0.15) is 0 Å². The quantitative estimate of drug-likeness (QED) is 0.727. The molecule has 84 valence electrons. The van der Waals surface area contributed by atoms with E-state index < -0.39 is 0 Å². The van der Waals surface area contributed by atoms with Crippen LogP contribution < -0.4 is 5.73 Å². The van der Waals surface area contributed by atoms with Gasteiger partial charge in [-0.2, -0.15) is 11.8 Å². The Labute approximate surface area is 95.9 Å². The molecule has 3 N–H and O–H groups in total. The molecule has 0 aliphatic carbocycles. The smallest absolute Gasteiger partial charge is 0.0582 e. The third-order valence-electron chi connectivity index (χ3n) is 2.39. The zero-order valence-electron chi connectivity index (χ0n) is 9.15. The molecule has 0 saturated carbocycles. The first kappa shape index (κ1) is 12.6. The van der Waals surface area contributed by atoms with Crippen LogP contribution in [0.5, 0.6) is 0 Å². The average Bonchev–Trinajstić information content (AvgIpc) is 2.26. The van der Waals surface area contributed by atoms with Crippen LogP contribution in [-0.4, -0.2) is 23.5 Å². The highest BCUT2D eigenvalue weighted by Gasteiger charge is 2.01. The van der Waals surface area contributed by atoms with E-state index in [1.54, 1.807) is 0 Å². The van der Waals surface area contributed by atoms with E-state index in [4.69, 9.17) is 10.8 Å². The molecule has 0 bridgehead atoms. The minimum Gasteiger partial charge on any atom is -0.395 e. The summed E-state index contributed by atoms with van der Waals surface area (Å²) in [6.07, 6.45) is 0.882. The van der Waals surface area contributed by atoms with Gasteiger partial charge in [0.05, 0.1) is 6.61 Å². The molecule has 1 atom stereocenters. The molecular weight excluding hydrogens is 206 g/mol. The monoisotopic (exact) mass is 225 g/mol. The Morgan fingerprint density at radius 1 is 1.40 bits per heavy atom. The van der Waals surface area contributed by atoms with Crippen LogP contribution in [-0.2, 0) is 5.75 Å². The number of rotatable bonds is 6. The molecule has 0 spiro atoms. The van der Waals surface area contributed by atoms with Gasteiger partial charge in [0, 0.05) is 11.8 Å². The van der Waals surface area contributed by atoms with Crippen molar-refractivity contribution in [3.05, 3.63) is 35.4 Å². The number of nitrogens with two attached hydrogens (primary N) is 1. The highest BCUT2D eigenvalue weighted by Crippen LogP contribution is 2.16. The first-order valence-corrected chi connectivity index (χ1v) is 6.38. The van der Waals surface area contributed by atoms with Gasteiger partial charge in [0.25, 0.3) is 0 Å². The predicted octanol–water partition coefficient (Wildman–Crippen LogP) is 1.94. The Hall–Kier alpha value is -0.510. The predicted molar refractivity (Wildman–Crippen MR) is 67.0 cm³/mol. The fraction of sp³-hybridized carbons (Fsp3) is 0.500.